The quantitative estimate of drug-likeness (QED) is 0.777. The second-order valence-electron chi connectivity index (χ2n) is 6.77. The van der Waals surface area contributed by atoms with Crippen molar-refractivity contribution in [2.75, 3.05) is 26.2 Å². The number of benzene rings is 1. The highest BCUT2D eigenvalue weighted by atomic mass is 35.5. The van der Waals surface area contributed by atoms with Crippen LogP contribution in [0.4, 0.5) is 0 Å². The summed E-state index contributed by atoms with van der Waals surface area (Å²) < 4.78 is 32.5. The molecule has 0 amide bonds. The Bertz CT molecular complexity index is 894. The van der Waals surface area contributed by atoms with E-state index in [0.29, 0.717) is 49.3 Å². The van der Waals surface area contributed by atoms with Crippen molar-refractivity contribution in [3.05, 3.63) is 41.0 Å². The first-order valence-electron chi connectivity index (χ1n) is 8.92. The highest BCUT2D eigenvalue weighted by Crippen LogP contribution is 2.26. The van der Waals surface area contributed by atoms with Crippen LogP contribution in [0.5, 0.6) is 0 Å². The van der Waals surface area contributed by atoms with Gasteiger partial charge in [0.05, 0.1) is 18.0 Å². The van der Waals surface area contributed by atoms with E-state index >= 15 is 0 Å². The Morgan fingerprint density at radius 1 is 1.11 bits per heavy atom. The minimum Gasteiger partial charge on any atom is -0.338 e. The van der Waals surface area contributed by atoms with Gasteiger partial charge in [0, 0.05) is 26.2 Å². The van der Waals surface area contributed by atoms with E-state index in [1.54, 1.807) is 10.4 Å². The number of rotatable bonds is 5. The van der Waals surface area contributed by atoms with Gasteiger partial charge in [0.15, 0.2) is 5.82 Å². The Hall–Kier alpha value is -1.52. The van der Waals surface area contributed by atoms with E-state index in [2.05, 4.69) is 15.0 Å². The lowest BCUT2D eigenvalue weighted by Gasteiger charge is -2.33. The average molecular weight is 414 g/mol. The van der Waals surface area contributed by atoms with Gasteiger partial charge in [0.25, 0.3) is 0 Å². The number of hydrogen-bond acceptors (Lipinski definition) is 7. The third kappa shape index (κ3) is 4.17. The Morgan fingerprint density at radius 2 is 1.85 bits per heavy atom. The zero-order valence-electron chi connectivity index (χ0n) is 15.0. The molecule has 1 aromatic heterocycles. The molecule has 0 radical (unpaired) electrons. The van der Waals surface area contributed by atoms with Crippen LogP contribution in [0.25, 0.3) is 0 Å². The third-order valence-corrected chi connectivity index (χ3v) is 6.98. The number of aromatic nitrogens is 2. The van der Waals surface area contributed by atoms with Gasteiger partial charge in [-0.25, -0.2) is 8.42 Å². The number of piperazine rings is 1. The standard InChI is InChI=1S/C17H23N5O3S.ClH/c18-11-17-19-16(20-25-17)12-21-6-8-22(9-7-21)26(23,24)15-5-4-13-2-1-3-14(13)10-15;/h4-5,10H,1-3,6-9,11-12,18H2;1H. The number of fused-ring (bicyclic) bond motifs is 1. The number of aryl methyl sites for hydroxylation is 2. The second kappa shape index (κ2) is 8.24. The predicted molar refractivity (Wildman–Crippen MR) is 102 cm³/mol. The molecule has 2 heterocycles. The summed E-state index contributed by atoms with van der Waals surface area (Å²) >= 11 is 0. The molecule has 0 atom stereocenters. The summed E-state index contributed by atoms with van der Waals surface area (Å²) in [6, 6.07) is 5.58. The van der Waals surface area contributed by atoms with Crippen LogP contribution in [0, 0.1) is 0 Å². The van der Waals surface area contributed by atoms with Crippen LogP contribution in [-0.2, 0) is 36.0 Å². The monoisotopic (exact) mass is 413 g/mol. The Morgan fingerprint density at radius 3 is 2.56 bits per heavy atom. The van der Waals surface area contributed by atoms with Crippen molar-refractivity contribution in [3.63, 3.8) is 0 Å². The number of nitrogens with two attached hydrogens (primary N) is 1. The molecule has 2 aliphatic rings. The summed E-state index contributed by atoms with van der Waals surface area (Å²) in [5.74, 6) is 0.998. The maximum absolute atomic E-state index is 12.9. The number of hydrogen-bond donors (Lipinski definition) is 1. The Labute approximate surface area is 165 Å². The van der Waals surface area contributed by atoms with Crippen molar-refractivity contribution in [3.8, 4) is 0 Å². The van der Waals surface area contributed by atoms with E-state index in [0.717, 1.165) is 19.3 Å². The first kappa shape index (κ1) is 20.2. The van der Waals surface area contributed by atoms with Crippen LogP contribution in [0.3, 0.4) is 0 Å². The maximum Gasteiger partial charge on any atom is 0.243 e. The molecule has 2 N–H and O–H groups in total. The smallest absolute Gasteiger partial charge is 0.243 e. The first-order chi connectivity index (χ1) is 12.6. The van der Waals surface area contributed by atoms with Gasteiger partial charge >= 0.3 is 0 Å². The van der Waals surface area contributed by atoms with Gasteiger partial charge in [-0.05, 0) is 42.5 Å². The zero-order chi connectivity index (χ0) is 18.1. The van der Waals surface area contributed by atoms with Crippen molar-refractivity contribution in [1.82, 2.24) is 19.3 Å². The van der Waals surface area contributed by atoms with Crippen molar-refractivity contribution in [1.29, 1.82) is 0 Å². The molecule has 4 rings (SSSR count). The fraction of sp³-hybridized carbons (Fsp3) is 0.529. The lowest BCUT2D eigenvalue weighted by atomic mass is 10.1. The summed E-state index contributed by atoms with van der Waals surface area (Å²) in [5, 5.41) is 3.89. The fourth-order valence-corrected chi connectivity index (χ4v) is 5.10. The van der Waals surface area contributed by atoms with Crippen molar-refractivity contribution < 1.29 is 12.9 Å². The average Bonchev–Trinajstić information content (AvgIpc) is 3.30. The fourth-order valence-electron chi connectivity index (χ4n) is 3.62. The van der Waals surface area contributed by atoms with E-state index in [1.165, 1.54) is 11.1 Å². The van der Waals surface area contributed by atoms with Crippen LogP contribution in [0.1, 0.15) is 29.3 Å². The molecule has 27 heavy (non-hydrogen) atoms. The number of halogens is 1. The molecule has 10 heteroatoms. The molecule has 1 aliphatic heterocycles. The minimum atomic E-state index is -3.44. The molecule has 2 aromatic rings. The summed E-state index contributed by atoms with van der Waals surface area (Å²) in [4.78, 5) is 6.73. The molecule has 8 nitrogen and oxygen atoms in total. The van der Waals surface area contributed by atoms with Crippen LogP contribution < -0.4 is 5.73 Å². The second-order valence-corrected chi connectivity index (χ2v) is 8.71. The zero-order valence-corrected chi connectivity index (χ0v) is 16.6. The number of nitrogens with zero attached hydrogens (tertiary/aromatic N) is 4. The van der Waals surface area contributed by atoms with Gasteiger partial charge in [-0.15, -0.1) is 12.4 Å². The molecule has 1 fully saturated rings. The SMILES string of the molecule is Cl.NCc1nc(CN2CCN(S(=O)(=O)c3ccc4c(c3)CCC4)CC2)no1. The van der Waals surface area contributed by atoms with E-state index in [4.69, 9.17) is 10.3 Å². The summed E-state index contributed by atoms with van der Waals surface area (Å²) in [6.07, 6.45) is 3.14. The van der Waals surface area contributed by atoms with Crippen LogP contribution in [-0.4, -0.2) is 53.9 Å². The van der Waals surface area contributed by atoms with Crippen molar-refractivity contribution in [2.24, 2.45) is 5.73 Å². The molecule has 148 valence electrons. The Kier molecular flexibility index (Phi) is 6.17. The largest absolute Gasteiger partial charge is 0.338 e. The molecular formula is C17H24ClN5O3S. The molecule has 0 unspecified atom stereocenters. The Balaban J connectivity index is 0.00000210. The molecule has 0 spiro atoms. The molecule has 1 saturated heterocycles. The van der Waals surface area contributed by atoms with Gasteiger partial charge < -0.3 is 10.3 Å². The van der Waals surface area contributed by atoms with Gasteiger partial charge in [-0.3, -0.25) is 4.90 Å². The minimum absolute atomic E-state index is 0. The van der Waals surface area contributed by atoms with Gasteiger partial charge in [0.2, 0.25) is 15.9 Å². The third-order valence-electron chi connectivity index (χ3n) is 5.09. The molecule has 0 bridgehead atoms. The summed E-state index contributed by atoms with van der Waals surface area (Å²) in [7, 11) is -3.44. The normalized spacial score (nSPS) is 18.3. The van der Waals surface area contributed by atoms with Crippen LogP contribution in [0.2, 0.25) is 0 Å². The van der Waals surface area contributed by atoms with E-state index in [9.17, 15) is 8.42 Å². The maximum atomic E-state index is 12.9. The summed E-state index contributed by atoms with van der Waals surface area (Å²) in [5.41, 5.74) is 7.93. The van der Waals surface area contributed by atoms with E-state index in [-0.39, 0.29) is 19.0 Å². The van der Waals surface area contributed by atoms with Gasteiger partial charge in [-0.2, -0.15) is 9.29 Å². The van der Waals surface area contributed by atoms with E-state index in [1.807, 2.05) is 12.1 Å². The van der Waals surface area contributed by atoms with Crippen LogP contribution in [0.15, 0.2) is 27.6 Å². The van der Waals surface area contributed by atoms with Crippen LogP contribution >= 0.6 is 12.4 Å². The predicted octanol–water partition coefficient (Wildman–Crippen LogP) is 0.945. The molecular weight excluding hydrogens is 390 g/mol. The summed E-state index contributed by atoms with van der Waals surface area (Å²) in [6.45, 7) is 2.95. The lowest BCUT2D eigenvalue weighted by molar-refractivity contribution is 0.176. The first-order valence-corrected chi connectivity index (χ1v) is 10.4. The van der Waals surface area contributed by atoms with Gasteiger partial charge in [-0.1, -0.05) is 11.2 Å². The highest BCUT2D eigenvalue weighted by molar-refractivity contribution is 7.89. The van der Waals surface area contributed by atoms with E-state index < -0.39 is 10.0 Å². The topological polar surface area (TPSA) is 106 Å². The lowest BCUT2D eigenvalue weighted by Crippen LogP contribution is -2.48. The number of sulfonamides is 1. The molecule has 1 aromatic carbocycles. The van der Waals surface area contributed by atoms with Crippen molar-refractivity contribution >= 4 is 22.4 Å². The molecule has 1 aliphatic carbocycles. The highest BCUT2D eigenvalue weighted by Gasteiger charge is 2.29. The van der Waals surface area contributed by atoms with Crippen molar-refractivity contribution in [2.45, 2.75) is 37.2 Å². The molecule has 0 saturated carbocycles. The van der Waals surface area contributed by atoms with Gasteiger partial charge in [0.1, 0.15) is 0 Å².